The first-order valence-corrected chi connectivity index (χ1v) is 4.42. The third-order valence-electron chi connectivity index (χ3n) is 2.49. The maximum atomic E-state index is 11.2. The second-order valence-corrected chi connectivity index (χ2v) is 3.38. The molecule has 0 radical (unpaired) electrons. The molecular weight excluding hydrogens is 179 g/mol. The Morgan fingerprint density at radius 2 is 1.79 bits per heavy atom. The van der Waals surface area contributed by atoms with Crippen LogP contribution in [-0.2, 0) is 0 Å². The van der Waals surface area contributed by atoms with Gasteiger partial charge in [0.2, 0.25) is 0 Å². The minimum Gasteiger partial charge on any atom is -0.423 e. The van der Waals surface area contributed by atoms with Crippen LogP contribution in [0.15, 0.2) is 12.1 Å². The third kappa shape index (κ3) is 1.86. The molecule has 0 unspecified atom stereocenters. The summed E-state index contributed by atoms with van der Waals surface area (Å²) in [5.41, 5.74) is 2.65. The average Bonchev–Trinajstić information content (AvgIpc) is 2.08. The van der Waals surface area contributed by atoms with Crippen molar-refractivity contribution < 1.29 is 14.8 Å². The quantitative estimate of drug-likeness (QED) is 0.519. The van der Waals surface area contributed by atoms with Gasteiger partial charge in [-0.1, -0.05) is 12.1 Å². The van der Waals surface area contributed by atoms with Crippen LogP contribution in [0.25, 0.3) is 0 Å². The van der Waals surface area contributed by atoms with E-state index in [-0.39, 0.29) is 5.78 Å². The van der Waals surface area contributed by atoms with Gasteiger partial charge < -0.3 is 10.0 Å². The fraction of sp³-hybridized carbons (Fsp3) is 0.300. The van der Waals surface area contributed by atoms with Gasteiger partial charge >= 0.3 is 7.12 Å². The minimum absolute atomic E-state index is 0.00965. The largest absolute Gasteiger partial charge is 0.488 e. The van der Waals surface area contributed by atoms with Crippen molar-refractivity contribution in [3.05, 3.63) is 28.8 Å². The van der Waals surface area contributed by atoms with Crippen LogP contribution < -0.4 is 5.46 Å². The van der Waals surface area contributed by atoms with Gasteiger partial charge in [-0.2, -0.15) is 0 Å². The van der Waals surface area contributed by atoms with Gasteiger partial charge in [-0.3, -0.25) is 4.79 Å². The SMILES string of the molecule is CC(=O)c1ccc(B(O)O)c(C)c1C. The summed E-state index contributed by atoms with van der Waals surface area (Å²) in [4.78, 5) is 11.2. The summed E-state index contributed by atoms with van der Waals surface area (Å²) in [6.07, 6.45) is 0. The molecular formula is C10H13BO3. The number of carbonyl (C=O) groups excluding carboxylic acids is 1. The molecule has 0 aromatic heterocycles. The zero-order valence-electron chi connectivity index (χ0n) is 8.53. The van der Waals surface area contributed by atoms with Crippen LogP contribution in [0.4, 0.5) is 0 Å². The van der Waals surface area contributed by atoms with Crippen molar-refractivity contribution in [2.45, 2.75) is 20.8 Å². The Morgan fingerprint density at radius 3 is 2.21 bits per heavy atom. The molecule has 4 heteroatoms. The summed E-state index contributed by atoms with van der Waals surface area (Å²) in [6.45, 7) is 5.07. The van der Waals surface area contributed by atoms with Crippen LogP contribution in [-0.4, -0.2) is 22.9 Å². The number of rotatable bonds is 2. The van der Waals surface area contributed by atoms with E-state index >= 15 is 0 Å². The zero-order valence-corrected chi connectivity index (χ0v) is 8.53. The molecule has 0 spiro atoms. The van der Waals surface area contributed by atoms with Gasteiger partial charge in [0.05, 0.1) is 0 Å². The van der Waals surface area contributed by atoms with E-state index < -0.39 is 7.12 Å². The number of benzene rings is 1. The Kier molecular flexibility index (Phi) is 3.08. The van der Waals surface area contributed by atoms with Crippen molar-refractivity contribution in [1.29, 1.82) is 0 Å². The first-order valence-electron chi connectivity index (χ1n) is 4.42. The van der Waals surface area contributed by atoms with Crippen LogP contribution in [0, 0.1) is 13.8 Å². The molecule has 0 bridgehead atoms. The predicted molar refractivity (Wildman–Crippen MR) is 55.7 cm³/mol. The lowest BCUT2D eigenvalue weighted by atomic mass is 9.75. The molecule has 74 valence electrons. The Balaban J connectivity index is 3.33. The Labute approximate surface area is 83.5 Å². The third-order valence-corrected chi connectivity index (χ3v) is 2.49. The van der Waals surface area contributed by atoms with Crippen molar-refractivity contribution in [1.82, 2.24) is 0 Å². The summed E-state index contributed by atoms with van der Waals surface area (Å²) in [6, 6.07) is 3.20. The lowest BCUT2D eigenvalue weighted by Crippen LogP contribution is -2.33. The van der Waals surface area contributed by atoms with Crippen LogP contribution in [0.5, 0.6) is 0 Å². The highest BCUT2D eigenvalue weighted by atomic mass is 16.4. The molecule has 1 aromatic carbocycles. The molecule has 14 heavy (non-hydrogen) atoms. The number of hydrogen-bond acceptors (Lipinski definition) is 3. The van der Waals surface area contributed by atoms with E-state index in [4.69, 9.17) is 10.0 Å². The van der Waals surface area contributed by atoms with Crippen molar-refractivity contribution in [2.24, 2.45) is 0 Å². The molecule has 2 N–H and O–H groups in total. The molecule has 0 saturated carbocycles. The highest BCUT2D eigenvalue weighted by molar-refractivity contribution is 6.59. The molecule has 0 aliphatic heterocycles. The summed E-state index contributed by atoms with van der Waals surface area (Å²) in [5.74, 6) is -0.00965. The van der Waals surface area contributed by atoms with Gasteiger partial charge in [0.15, 0.2) is 5.78 Å². The summed E-state index contributed by atoms with van der Waals surface area (Å²) >= 11 is 0. The maximum absolute atomic E-state index is 11.2. The lowest BCUT2D eigenvalue weighted by Gasteiger charge is -2.10. The van der Waals surface area contributed by atoms with Crippen molar-refractivity contribution in [2.75, 3.05) is 0 Å². The van der Waals surface area contributed by atoms with Crippen LogP contribution in [0.3, 0.4) is 0 Å². The molecule has 0 aliphatic carbocycles. The van der Waals surface area contributed by atoms with Crippen LogP contribution in [0.1, 0.15) is 28.4 Å². The normalized spacial score (nSPS) is 10.1. The molecule has 0 heterocycles. The Morgan fingerprint density at radius 1 is 1.21 bits per heavy atom. The molecule has 0 fully saturated rings. The molecule has 3 nitrogen and oxygen atoms in total. The Hall–Kier alpha value is -1.13. The van der Waals surface area contributed by atoms with E-state index in [1.807, 2.05) is 0 Å². The van der Waals surface area contributed by atoms with Gasteiger partial charge in [0.25, 0.3) is 0 Å². The molecule has 0 saturated heterocycles. The lowest BCUT2D eigenvalue weighted by molar-refractivity contribution is 0.101. The smallest absolute Gasteiger partial charge is 0.423 e. The average molecular weight is 192 g/mol. The zero-order chi connectivity index (χ0) is 10.9. The molecule has 1 rings (SSSR count). The topological polar surface area (TPSA) is 57.5 Å². The fourth-order valence-electron chi connectivity index (χ4n) is 1.50. The summed E-state index contributed by atoms with van der Waals surface area (Å²) in [5, 5.41) is 18.1. The van der Waals surface area contributed by atoms with Crippen LogP contribution in [0.2, 0.25) is 0 Å². The number of Topliss-reactive ketones (excluding diaryl/α,β-unsaturated/α-hetero) is 1. The summed E-state index contributed by atoms with van der Waals surface area (Å²) in [7, 11) is -1.48. The van der Waals surface area contributed by atoms with E-state index in [0.717, 1.165) is 11.1 Å². The number of hydrogen-bond donors (Lipinski definition) is 2. The minimum atomic E-state index is -1.48. The van der Waals surface area contributed by atoms with Gasteiger partial charge in [0, 0.05) is 5.56 Å². The van der Waals surface area contributed by atoms with Gasteiger partial charge in [-0.05, 0) is 37.4 Å². The Bertz CT molecular complexity index is 372. The van der Waals surface area contributed by atoms with Crippen molar-refractivity contribution >= 4 is 18.4 Å². The number of carbonyl (C=O) groups is 1. The standard InChI is InChI=1S/C10H13BO3/c1-6-7(2)10(11(13)14)5-4-9(6)8(3)12/h4-5,13-14H,1-3H3. The van der Waals surface area contributed by atoms with Crippen molar-refractivity contribution in [3.8, 4) is 0 Å². The van der Waals surface area contributed by atoms with Gasteiger partial charge in [-0.15, -0.1) is 0 Å². The van der Waals surface area contributed by atoms with Crippen molar-refractivity contribution in [3.63, 3.8) is 0 Å². The molecule has 0 amide bonds. The fourth-order valence-corrected chi connectivity index (χ4v) is 1.50. The van der Waals surface area contributed by atoms with E-state index in [1.165, 1.54) is 6.92 Å². The summed E-state index contributed by atoms with van der Waals surface area (Å²) < 4.78 is 0. The van der Waals surface area contributed by atoms with E-state index in [2.05, 4.69) is 0 Å². The maximum Gasteiger partial charge on any atom is 0.488 e. The predicted octanol–water partition coefficient (Wildman–Crippen LogP) is 0.186. The second-order valence-electron chi connectivity index (χ2n) is 3.38. The first-order chi connectivity index (χ1) is 6.45. The van der Waals surface area contributed by atoms with Gasteiger partial charge in [-0.25, -0.2) is 0 Å². The molecule has 0 atom stereocenters. The van der Waals surface area contributed by atoms with E-state index in [0.29, 0.717) is 11.0 Å². The monoisotopic (exact) mass is 192 g/mol. The van der Waals surface area contributed by atoms with E-state index in [9.17, 15) is 4.79 Å². The highest BCUT2D eigenvalue weighted by Crippen LogP contribution is 2.11. The molecule has 0 aliphatic rings. The van der Waals surface area contributed by atoms with Gasteiger partial charge in [0.1, 0.15) is 0 Å². The first kappa shape index (κ1) is 11.0. The molecule has 1 aromatic rings. The van der Waals surface area contributed by atoms with E-state index in [1.54, 1.807) is 26.0 Å². The van der Waals surface area contributed by atoms with Crippen LogP contribution >= 0.6 is 0 Å². The second kappa shape index (κ2) is 3.94. The number of ketones is 1. The highest BCUT2D eigenvalue weighted by Gasteiger charge is 2.17.